The van der Waals surface area contributed by atoms with Gasteiger partial charge in [0.1, 0.15) is 0 Å². The van der Waals surface area contributed by atoms with Crippen molar-refractivity contribution in [3.05, 3.63) is 64.7 Å². The lowest BCUT2D eigenvalue weighted by Gasteiger charge is -2.09. The van der Waals surface area contributed by atoms with Crippen molar-refractivity contribution >= 4 is 35.0 Å². The zero-order valence-corrected chi connectivity index (χ0v) is 15.8. The first-order chi connectivity index (χ1) is 13.0. The predicted octanol–water partition coefficient (Wildman–Crippen LogP) is 3.47. The van der Waals surface area contributed by atoms with E-state index in [-0.39, 0.29) is 18.2 Å². The van der Waals surface area contributed by atoms with E-state index in [1.807, 2.05) is 25.1 Å². The van der Waals surface area contributed by atoms with Crippen LogP contribution in [0.15, 0.2) is 48.5 Å². The number of aryl methyl sites for hydroxylation is 1. The molecule has 2 aromatic carbocycles. The Morgan fingerprint density at radius 3 is 2.26 bits per heavy atom. The Kier molecular flexibility index (Phi) is 7.82. The molecule has 0 aliphatic rings. The highest BCUT2D eigenvalue weighted by atomic mass is 35.5. The van der Waals surface area contributed by atoms with Crippen molar-refractivity contribution in [3.63, 3.8) is 0 Å². The number of rotatable bonds is 7. The Morgan fingerprint density at radius 1 is 0.889 bits per heavy atom. The van der Waals surface area contributed by atoms with Crippen molar-refractivity contribution in [2.75, 3.05) is 5.32 Å². The van der Waals surface area contributed by atoms with Crippen LogP contribution in [0.3, 0.4) is 0 Å². The zero-order valence-electron chi connectivity index (χ0n) is 15.0. The van der Waals surface area contributed by atoms with Gasteiger partial charge in [-0.2, -0.15) is 0 Å². The average Bonchev–Trinajstić information content (AvgIpc) is 2.66. The predicted molar refractivity (Wildman–Crippen MR) is 105 cm³/mol. The van der Waals surface area contributed by atoms with Gasteiger partial charge in [0.05, 0.1) is 0 Å². The van der Waals surface area contributed by atoms with Crippen molar-refractivity contribution in [1.29, 1.82) is 0 Å². The summed E-state index contributed by atoms with van der Waals surface area (Å²) in [6.07, 6.45) is 1.89. The molecule has 0 atom stereocenters. The van der Waals surface area contributed by atoms with E-state index in [1.165, 1.54) is 0 Å². The van der Waals surface area contributed by atoms with E-state index in [2.05, 4.69) is 16.2 Å². The molecule has 0 aliphatic heterocycles. The van der Waals surface area contributed by atoms with E-state index >= 15 is 0 Å². The molecule has 2 aromatic rings. The summed E-state index contributed by atoms with van der Waals surface area (Å²) in [5.74, 6) is -0.820. The maximum absolute atomic E-state index is 12.1. The lowest BCUT2D eigenvalue weighted by atomic mass is 10.1. The van der Waals surface area contributed by atoms with E-state index in [9.17, 15) is 14.4 Å². The fourth-order valence-corrected chi connectivity index (χ4v) is 2.60. The molecule has 3 amide bonds. The van der Waals surface area contributed by atoms with Crippen molar-refractivity contribution in [2.24, 2.45) is 0 Å². The maximum Gasteiger partial charge on any atom is 0.269 e. The van der Waals surface area contributed by atoms with Crippen LogP contribution in [0.4, 0.5) is 5.69 Å². The lowest BCUT2D eigenvalue weighted by molar-refractivity contribution is -0.121. The van der Waals surface area contributed by atoms with Crippen LogP contribution >= 0.6 is 11.6 Å². The highest BCUT2D eigenvalue weighted by Gasteiger charge is 2.09. The third-order valence-electron chi connectivity index (χ3n) is 3.80. The smallest absolute Gasteiger partial charge is 0.269 e. The van der Waals surface area contributed by atoms with Crippen molar-refractivity contribution < 1.29 is 14.4 Å². The van der Waals surface area contributed by atoms with Gasteiger partial charge in [-0.15, -0.1) is 0 Å². The SMILES string of the molecule is CCCC(=O)Nc1ccc(C(=O)NNC(=O)CCc2ccccc2Cl)cc1. The minimum Gasteiger partial charge on any atom is -0.326 e. The van der Waals surface area contributed by atoms with Crippen LogP contribution < -0.4 is 16.2 Å². The molecule has 0 heterocycles. The molecule has 27 heavy (non-hydrogen) atoms. The fraction of sp³-hybridized carbons (Fsp3) is 0.250. The van der Waals surface area contributed by atoms with Crippen molar-refractivity contribution in [1.82, 2.24) is 10.9 Å². The number of halogens is 1. The molecule has 0 saturated carbocycles. The van der Waals surface area contributed by atoms with Crippen LogP contribution in [0.1, 0.15) is 42.1 Å². The number of carbonyl (C=O) groups excluding carboxylic acids is 3. The minimum atomic E-state index is -0.437. The normalized spacial score (nSPS) is 10.1. The van der Waals surface area contributed by atoms with Gasteiger partial charge in [0.2, 0.25) is 11.8 Å². The summed E-state index contributed by atoms with van der Waals surface area (Å²) in [6, 6.07) is 13.7. The average molecular weight is 388 g/mol. The number of hydrogen-bond acceptors (Lipinski definition) is 3. The van der Waals surface area contributed by atoms with Crippen LogP contribution in [-0.2, 0) is 16.0 Å². The summed E-state index contributed by atoms with van der Waals surface area (Å²) in [6.45, 7) is 1.93. The largest absolute Gasteiger partial charge is 0.326 e. The Morgan fingerprint density at radius 2 is 1.59 bits per heavy atom. The topological polar surface area (TPSA) is 87.3 Å². The first-order valence-corrected chi connectivity index (χ1v) is 9.10. The Hall–Kier alpha value is -2.86. The quantitative estimate of drug-likeness (QED) is 0.635. The monoisotopic (exact) mass is 387 g/mol. The maximum atomic E-state index is 12.1. The number of nitrogens with one attached hydrogen (secondary N) is 3. The van der Waals surface area contributed by atoms with E-state index in [0.717, 1.165) is 12.0 Å². The number of amides is 3. The number of benzene rings is 2. The van der Waals surface area contributed by atoms with E-state index in [1.54, 1.807) is 30.3 Å². The first kappa shape index (κ1) is 20.5. The number of hydrazine groups is 1. The molecule has 2 rings (SSSR count). The van der Waals surface area contributed by atoms with Crippen LogP contribution in [0.25, 0.3) is 0 Å². The summed E-state index contributed by atoms with van der Waals surface area (Å²) in [4.78, 5) is 35.5. The number of hydrogen-bond donors (Lipinski definition) is 3. The van der Waals surface area contributed by atoms with Crippen LogP contribution in [-0.4, -0.2) is 17.7 Å². The molecule has 0 radical (unpaired) electrons. The van der Waals surface area contributed by atoms with Crippen LogP contribution in [0.5, 0.6) is 0 Å². The standard InChI is InChI=1S/C20H22ClN3O3/c1-2-5-18(25)22-16-11-8-15(9-12-16)20(27)24-23-19(26)13-10-14-6-3-4-7-17(14)21/h3-4,6-9,11-12H,2,5,10,13H2,1H3,(H,22,25)(H,23,26)(H,24,27). The summed E-state index contributed by atoms with van der Waals surface area (Å²) >= 11 is 6.05. The molecular weight excluding hydrogens is 366 g/mol. The first-order valence-electron chi connectivity index (χ1n) is 8.72. The van der Waals surface area contributed by atoms with Gasteiger partial charge in [0.25, 0.3) is 5.91 Å². The summed E-state index contributed by atoms with van der Waals surface area (Å²) in [5.41, 5.74) is 6.62. The van der Waals surface area contributed by atoms with Crippen LogP contribution in [0.2, 0.25) is 5.02 Å². The third-order valence-corrected chi connectivity index (χ3v) is 4.17. The summed E-state index contributed by atoms with van der Waals surface area (Å²) < 4.78 is 0. The van der Waals surface area contributed by atoms with Gasteiger partial charge in [-0.05, 0) is 48.7 Å². The molecule has 142 valence electrons. The van der Waals surface area contributed by atoms with Crippen molar-refractivity contribution in [2.45, 2.75) is 32.6 Å². The summed E-state index contributed by atoms with van der Waals surface area (Å²) in [7, 11) is 0. The third kappa shape index (κ3) is 6.75. The fourth-order valence-electron chi connectivity index (χ4n) is 2.37. The van der Waals surface area contributed by atoms with Gasteiger partial charge in [0.15, 0.2) is 0 Å². The Labute approximate surface area is 163 Å². The second kappa shape index (κ2) is 10.3. The Bertz CT molecular complexity index is 806. The van der Waals surface area contributed by atoms with Gasteiger partial charge in [-0.1, -0.05) is 36.7 Å². The number of anilines is 1. The van der Waals surface area contributed by atoms with Crippen LogP contribution in [0, 0.1) is 0 Å². The van der Waals surface area contributed by atoms with Gasteiger partial charge in [-0.3, -0.25) is 25.2 Å². The molecule has 0 aliphatic carbocycles. The molecule has 0 unspecified atom stereocenters. The van der Waals surface area contributed by atoms with Crippen molar-refractivity contribution in [3.8, 4) is 0 Å². The second-order valence-electron chi connectivity index (χ2n) is 5.97. The highest BCUT2D eigenvalue weighted by Crippen LogP contribution is 2.16. The molecule has 0 saturated heterocycles. The van der Waals surface area contributed by atoms with Gasteiger partial charge >= 0.3 is 0 Å². The van der Waals surface area contributed by atoms with E-state index in [0.29, 0.717) is 29.1 Å². The molecule has 0 fully saturated rings. The Balaban J connectivity index is 1.78. The molecule has 6 nitrogen and oxygen atoms in total. The highest BCUT2D eigenvalue weighted by molar-refractivity contribution is 6.31. The molecule has 7 heteroatoms. The summed E-state index contributed by atoms with van der Waals surface area (Å²) in [5, 5.41) is 3.36. The molecular formula is C20H22ClN3O3. The molecule has 0 spiro atoms. The second-order valence-corrected chi connectivity index (χ2v) is 6.38. The van der Waals surface area contributed by atoms with Gasteiger partial charge < -0.3 is 5.32 Å². The minimum absolute atomic E-state index is 0.0690. The zero-order chi connectivity index (χ0) is 19.6. The van der Waals surface area contributed by atoms with E-state index < -0.39 is 5.91 Å². The molecule has 3 N–H and O–H groups in total. The van der Waals surface area contributed by atoms with Gasteiger partial charge in [0, 0.05) is 29.1 Å². The number of carbonyl (C=O) groups is 3. The molecule has 0 bridgehead atoms. The lowest BCUT2D eigenvalue weighted by Crippen LogP contribution is -2.41. The van der Waals surface area contributed by atoms with Gasteiger partial charge in [-0.25, -0.2) is 0 Å². The molecule has 0 aromatic heterocycles. The van der Waals surface area contributed by atoms with E-state index in [4.69, 9.17) is 11.6 Å².